The van der Waals surface area contributed by atoms with Crippen molar-refractivity contribution in [2.75, 3.05) is 11.8 Å². The third kappa shape index (κ3) is 3.11. The highest BCUT2D eigenvalue weighted by Crippen LogP contribution is 2.22. The Labute approximate surface area is 129 Å². The molecule has 22 heavy (non-hydrogen) atoms. The van der Waals surface area contributed by atoms with Gasteiger partial charge in [0.05, 0.1) is 24.1 Å². The molecule has 118 valence electrons. The van der Waals surface area contributed by atoms with Gasteiger partial charge in [0.2, 0.25) is 0 Å². The van der Waals surface area contributed by atoms with E-state index in [0.717, 1.165) is 0 Å². The van der Waals surface area contributed by atoms with E-state index < -0.39 is 16.0 Å². The van der Waals surface area contributed by atoms with E-state index in [1.807, 2.05) is 6.92 Å². The first-order valence-corrected chi connectivity index (χ1v) is 8.11. The Balaban J connectivity index is 2.41. The van der Waals surface area contributed by atoms with Crippen molar-refractivity contribution >= 4 is 21.7 Å². The number of hydrogen-bond donors (Lipinski definition) is 1. The maximum atomic E-state index is 12.5. The van der Waals surface area contributed by atoms with Gasteiger partial charge in [-0.3, -0.25) is 9.40 Å². The summed E-state index contributed by atoms with van der Waals surface area (Å²) in [6.45, 7) is 4.05. The molecule has 1 aromatic carbocycles. The van der Waals surface area contributed by atoms with Crippen LogP contribution in [0, 0.1) is 6.92 Å². The molecule has 0 fully saturated rings. The zero-order chi connectivity index (χ0) is 16.3. The maximum absolute atomic E-state index is 12.5. The molecule has 0 aliphatic rings. The zero-order valence-corrected chi connectivity index (χ0v) is 13.3. The number of nitrogens with one attached hydrogen (secondary N) is 1. The van der Waals surface area contributed by atoms with Gasteiger partial charge < -0.3 is 4.74 Å². The van der Waals surface area contributed by atoms with Crippen LogP contribution in [0.15, 0.2) is 35.4 Å². The number of para-hydroxylation sites is 1. The average Bonchev–Trinajstić information content (AvgIpc) is 2.88. The number of ether oxygens (including phenoxy) is 1. The van der Waals surface area contributed by atoms with E-state index in [9.17, 15) is 13.2 Å². The SMILES string of the molecule is CCn1cc(S(=O)(=O)Nc2ccccc2C(=O)OC)c(C)n1. The van der Waals surface area contributed by atoms with Crippen LogP contribution in [0.1, 0.15) is 23.0 Å². The van der Waals surface area contributed by atoms with Crippen LogP contribution >= 0.6 is 0 Å². The lowest BCUT2D eigenvalue weighted by Gasteiger charge is -2.10. The standard InChI is InChI=1S/C14H17N3O4S/c1-4-17-9-13(10(2)15-17)22(19,20)16-12-8-6-5-7-11(12)14(18)21-3/h5-9,16H,4H2,1-3H3. The van der Waals surface area contributed by atoms with Crippen molar-refractivity contribution in [2.45, 2.75) is 25.3 Å². The number of nitrogens with zero attached hydrogens (tertiary/aromatic N) is 2. The summed E-state index contributed by atoms with van der Waals surface area (Å²) in [6, 6.07) is 6.26. The van der Waals surface area contributed by atoms with Gasteiger partial charge in [-0.05, 0) is 26.0 Å². The Kier molecular flexibility index (Phi) is 4.51. The van der Waals surface area contributed by atoms with Gasteiger partial charge in [-0.1, -0.05) is 12.1 Å². The molecule has 1 aromatic heterocycles. The van der Waals surface area contributed by atoms with Crippen LogP contribution < -0.4 is 4.72 Å². The van der Waals surface area contributed by atoms with Crippen LogP contribution in [0.2, 0.25) is 0 Å². The van der Waals surface area contributed by atoms with E-state index in [1.165, 1.54) is 30.1 Å². The molecule has 0 aliphatic carbocycles. The second-order valence-corrected chi connectivity index (χ2v) is 6.23. The number of benzene rings is 1. The van der Waals surface area contributed by atoms with Crippen molar-refractivity contribution in [3.05, 3.63) is 41.7 Å². The van der Waals surface area contributed by atoms with Crippen LogP contribution in [-0.2, 0) is 21.3 Å². The lowest BCUT2D eigenvalue weighted by atomic mass is 10.2. The van der Waals surface area contributed by atoms with Crippen molar-refractivity contribution in [1.82, 2.24) is 9.78 Å². The highest BCUT2D eigenvalue weighted by Gasteiger charge is 2.22. The molecule has 0 spiro atoms. The van der Waals surface area contributed by atoms with Crippen LogP contribution in [0.25, 0.3) is 0 Å². The molecule has 0 radical (unpaired) electrons. The van der Waals surface area contributed by atoms with E-state index in [1.54, 1.807) is 19.1 Å². The fraction of sp³-hybridized carbons (Fsp3) is 0.286. The summed E-state index contributed by atoms with van der Waals surface area (Å²) in [5.41, 5.74) is 0.706. The third-order valence-electron chi connectivity index (χ3n) is 3.09. The number of aromatic nitrogens is 2. The summed E-state index contributed by atoms with van der Waals surface area (Å²) in [5, 5.41) is 4.12. The second kappa shape index (κ2) is 6.18. The van der Waals surface area contributed by atoms with Gasteiger partial charge in [-0.15, -0.1) is 0 Å². The minimum absolute atomic E-state index is 0.0778. The minimum Gasteiger partial charge on any atom is -0.465 e. The lowest BCUT2D eigenvalue weighted by molar-refractivity contribution is 0.0602. The van der Waals surface area contributed by atoms with E-state index in [2.05, 4.69) is 14.6 Å². The summed E-state index contributed by atoms with van der Waals surface area (Å²) in [4.78, 5) is 11.8. The molecule has 0 bridgehead atoms. The summed E-state index contributed by atoms with van der Waals surface area (Å²) < 4.78 is 33.6. The molecule has 8 heteroatoms. The fourth-order valence-corrected chi connectivity index (χ4v) is 3.25. The number of anilines is 1. The number of carbonyl (C=O) groups is 1. The molecule has 0 aliphatic heterocycles. The third-order valence-corrected chi connectivity index (χ3v) is 4.56. The summed E-state index contributed by atoms with van der Waals surface area (Å²) >= 11 is 0. The van der Waals surface area contributed by atoms with Crippen molar-refractivity contribution in [2.24, 2.45) is 0 Å². The molecule has 0 saturated carbocycles. The summed E-state index contributed by atoms with van der Waals surface area (Å²) in [6.07, 6.45) is 1.46. The maximum Gasteiger partial charge on any atom is 0.339 e. The number of hydrogen-bond acceptors (Lipinski definition) is 5. The van der Waals surface area contributed by atoms with Crippen LogP contribution in [0.4, 0.5) is 5.69 Å². The van der Waals surface area contributed by atoms with E-state index in [4.69, 9.17) is 0 Å². The largest absolute Gasteiger partial charge is 0.465 e. The number of methoxy groups -OCH3 is 1. The molecule has 1 N–H and O–H groups in total. The number of esters is 1. The number of rotatable bonds is 5. The van der Waals surface area contributed by atoms with Gasteiger partial charge >= 0.3 is 5.97 Å². The van der Waals surface area contributed by atoms with Gasteiger partial charge in [0.25, 0.3) is 10.0 Å². The molecular formula is C14H17N3O4S. The normalized spacial score (nSPS) is 11.2. The molecular weight excluding hydrogens is 306 g/mol. The van der Waals surface area contributed by atoms with E-state index in [0.29, 0.717) is 12.2 Å². The monoisotopic (exact) mass is 323 g/mol. The molecule has 0 unspecified atom stereocenters. The Morgan fingerprint density at radius 3 is 2.64 bits per heavy atom. The molecule has 0 atom stereocenters. The Hall–Kier alpha value is -2.35. The van der Waals surface area contributed by atoms with E-state index in [-0.39, 0.29) is 16.1 Å². The van der Waals surface area contributed by atoms with Crippen molar-refractivity contribution < 1.29 is 17.9 Å². The molecule has 0 amide bonds. The zero-order valence-electron chi connectivity index (χ0n) is 12.5. The molecule has 7 nitrogen and oxygen atoms in total. The number of aryl methyl sites for hydroxylation is 2. The second-order valence-electron chi connectivity index (χ2n) is 4.58. The van der Waals surface area contributed by atoms with Crippen LogP contribution in [-0.4, -0.2) is 31.3 Å². The quantitative estimate of drug-likeness (QED) is 0.847. The Morgan fingerprint density at radius 1 is 1.36 bits per heavy atom. The topological polar surface area (TPSA) is 90.3 Å². The minimum atomic E-state index is -3.84. The van der Waals surface area contributed by atoms with Crippen molar-refractivity contribution in [3.8, 4) is 0 Å². The Bertz CT molecular complexity index is 796. The average molecular weight is 323 g/mol. The van der Waals surface area contributed by atoms with Crippen molar-refractivity contribution in [3.63, 3.8) is 0 Å². The summed E-state index contributed by atoms with van der Waals surface area (Å²) in [7, 11) is -2.60. The molecule has 2 aromatic rings. The summed E-state index contributed by atoms with van der Waals surface area (Å²) in [5.74, 6) is -0.612. The van der Waals surface area contributed by atoms with Gasteiger partial charge in [0.15, 0.2) is 0 Å². The molecule has 0 saturated heterocycles. The highest BCUT2D eigenvalue weighted by atomic mass is 32.2. The first-order valence-electron chi connectivity index (χ1n) is 6.63. The smallest absolute Gasteiger partial charge is 0.339 e. The highest BCUT2D eigenvalue weighted by molar-refractivity contribution is 7.92. The molecule has 2 rings (SSSR count). The fourth-order valence-electron chi connectivity index (χ4n) is 1.99. The van der Waals surface area contributed by atoms with Gasteiger partial charge in [0, 0.05) is 12.7 Å². The predicted octanol–water partition coefficient (Wildman–Crippen LogP) is 1.80. The molecule has 1 heterocycles. The van der Waals surface area contributed by atoms with Gasteiger partial charge in [-0.2, -0.15) is 5.10 Å². The number of sulfonamides is 1. The van der Waals surface area contributed by atoms with Crippen molar-refractivity contribution in [1.29, 1.82) is 0 Å². The number of carbonyl (C=O) groups excluding carboxylic acids is 1. The lowest BCUT2D eigenvalue weighted by Crippen LogP contribution is -2.16. The van der Waals surface area contributed by atoms with Crippen LogP contribution in [0.3, 0.4) is 0 Å². The first kappa shape index (κ1) is 16.0. The Morgan fingerprint density at radius 2 is 2.05 bits per heavy atom. The predicted molar refractivity (Wildman–Crippen MR) is 81.2 cm³/mol. The van der Waals surface area contributed by atoms with Gasteiger partial charge in [0.1, 0.15) is 4.90 Å². The van der Waals surface area contributed by atoms with E-state index >= 15 is 0 Å². The van der Waals surface area contributed by atoms with Gasteiger partial charge in [-0.25, -0.2) is 13.2 Å². The first-order chi connectivity index (χ1) is 10.4. The van der Waals surface area contributed by atoms with Crippen LogP contribution in [0.5, 0.6) is 0 Å².